The van der Waals surface area contributed by atoms with Gasteiger partial charge in [-0.1, -0.05) is 0 Å². The molecule has 2 aromatic carbocycles. The molecule has 1 aliphatic heterocycles. The summed E-state index contributed by atoms with van der Waals surface area (Å²) in [7, 11) is -4.22. The van der Waals surface area contributed by atoms with Crippen molar-refractivity contribution < 1.29 is 22.3 Å². The van der Waals surface area contributed by atoms with Crippen molar-refractivity contribution in [3.05, 3.63) is 84.2 Å². The number of fused-ring (bicyclic) bond motifs is 1. The molecule has 2 aromatic heterocycles. The second-order valence-corrected chi connectivity index (χ2v) is 8.91. The molecule has 12 heteroatoms. The van der Waals surface area contributed by atoms with E-state index in [2.05, 4.69) is 20.3 Å². The third-order valence-corrected chi connectivity index (χ3v) is 6.62. The van der Waals surface area contributed by atoms with E-state index >= 15 is 0 Å². The predicted octanol–water partition coefficient (Wildman–Crippen LogP) is 3.14. The number of nitriles is 1. The number of benzene rings is 2. The van der Waals surface area contributed by atoms with E-state index in [1.54, 1.807) is 36.5 Å². The number of ether oxygens (including phenoxy) is 1. The van der Waals surface area contributed by atoms with E-state index in [9.17, 15) is 17.6 Å². The van der Waals surface area contributed by atoms with Gasteiger partial charge >= 0.3 is 0 Å². The van der Waals surface area contributed by atoms with Crippen LogP contribution in [0, 0.1) is 17.3 Å². The summed E-state index contributed by atoms with van der Waals surface area (Å²) in [4.78, 5) is 22.3. The lowest BCUT2D eigenvalue weighted by Crippen LogP contribution is -2.14. The maximum Gasteiger partial charge on any atom is 0.270 e. The predicted molar refractivity (Wildman–Crippen MR) is 118 cm³/mol. The van der Waals surface area contributed by atoms with Crippen molar-refractivity contribution >= 4 is 33.3 Å². The van der Waals surface area contributed by atoms with E-state index in [1.165, 1.54) is 30.6 Å². The average Bonchev–Trinajstić information content (AvgIpc) is 3.54. The van der Waals surface area contributed by atoms with Crippen LogP contribution in [0.2, 0.25) is 0 Å². The second-order valence-electron chi connectivity index (χ2n) is 7.10. The minimum atomic E-state index is -4.22. The molecule has 0 saturated heterocycles. The van der Waals surface area contributed by atoms with Crippen molar-refractivity contribution in [3.63, 3.8) is 0 Å². The van der Waals surface area contributed by atoms with E-state index < -0.39 is 21.8 Å². The third kappa shape index (κ3) is 3.70. The molecule has 0 bridgehead atoms. The number of aromatic amines is 1. The number of nitrogens with zero attached hydrogens (tertiary/aromatic N) is 4. The standard InChI is InChI=1S/C22H13FN6O4S/c23-20-11-29(21(9-24)28-20)34(31,32)16-4-1-14(2-5-16)33-15-3-6-19-17(8-15)18(22(30)27-19)7-13-10-25-12-26-13/h1-8,10-12H,(H,25,26)(H,27,30)/b18-7-. The van der Waals surface area contributed by atoms with E-state index in [1.807, 2.05) is 0 Å². The summed E-state index contributed by atoms with van der Waals surface area (Å²) < 4.78 is 45.2. The Morgan fingerprint density at radius 1 is 1.15 bits per heavy atom. The van der Waals surface area contributed by atoms with Gasteiger partial charge in [-0.15, -0.1) is 0 Å². The molecule has 168 valence electrons. The van der Waals surface area contributed by atoms with Crippen LogP contribution >= 0.6 is 0 Å². The molecule has 1 amide bonds. The molecule has 0 atom stereocenters. The molecule has 0 unspecified atom stereocenters. The van der Waals surface area contributed by atoms with Crippen molar-refractivity contribution in [2.24, 2.45) is 0 Å². The maximum absolute atomic E-state index is 13.4. The number of H-pyrrole nitrogens is 1. The molecule has 0 fully saturated rings. The average molecular weight is 476 g/mol. The number of hydrogen-bond acceptors (Lipinski definition) is 7. The number of nitrogens with one attached hydrogen (secondary N) is 2. The first-order chi connectivity index (χ1) is 16.3. The summed E-state index contributed by atoms with van der Waals surface area (Å²) in [5.74, 6) is -1.18. The number of anilines is 1. The molecule has 0 radical (unpaired) electrons. The zero-order valence-electron chi connectivity index (χ0n) is 17.1. The molecule has 0 saturated carbocycles. The normalized spacial score (nSPS) is 14.0. The SMILES string of the molecule is N#Cc1nc(F)cn1S(=O)(=O)c1ccc(Oc2ccc3c(c2)/C(=C/c2cnc[nH]2)C(=O)N3)cc1. The molecule has 10 nitrogen and oxygen atoms in total. The lowest BCUT2D eigenvalue weighted by Gasteiger charge is -2.09. The number of amides is 1. The van der Waals surface area contributed by atoms with Crippen LogP contribution in [0.25, 0.3) is 11.6 Å². The van der Waals surface area contributed by atoms with Gasteiger partial charge in [-0.25, -0.2) is 17.4 Å². The first kappa shape index (κ1) is 21.1. The molecular formula is C22H13FN6O4S. The Morgan fingerprint density at radius 3 is 2.62 bits per heavy atom. The van der Waals surface area contributed by atoms with Crippen LogP contribution in [0.4, 0.5) is 10.1 Å². The van der Waals surface area contributed by atoms with Crippen LogP contribution < -0.4 is 10.1 Å². The van der Waals surface area contributed by atoms with Crippen molar-refractivity contribution in [2.45, 2.75) is 4.90 Å². The minimum Gasteiger partial charge on any atom is -0.457 e. The van der Waals surface area contributed by atoms with Gasteiger partial charge in [-0.3, -0.25) is 4.79 Å². The number of carbonyl (C=O) groups is 1. The summed E-state index contributed by atoms with van der Waals surface area (Å²) in [6, 6.07) is 12.0. The molecule has 0 aliphatic carbocycles. The van der Waals surface area contributed by atoms with Gasteiger partial charge in [0.15, 0.2) is 0 Å². The van der Waals surface area contributed by atoms with Crippen LogP contribution in [0.5, 0.6) is 11.5 Å². The van der Waals surface area contributed by atoms with Gasteiger partial charge in [-0.05, 0) is 48.5 Å². The highest BCUT2D eigenvalue weighted by Gasteiger charge is 2.25. The fraction of sp³-hybridized carbons (Fsp3) is 0. The van der Waals surface area contributed by atoms with Gasteiger partial charge in [0, 0.05) is 11.3 Å². The summed E-state index contributed by atoms with van der Waals surface area (Å²) in [6.45, 7) is 0. The fourth-order valence-corrected chi connectivity index (χ4v) is 4.64. The molecule has 2 N–H and O–H groups in total. The largest absolute Gasteiger partial charge is 0.457 e. The quantitative estimate of drug-likeness (QED) is 0.421. The van der Waals surface area contributed by atoms with Crippen molar-refractivity contribution in [2.75, 3.05) is 5.32 Å². The lowest BCUT2D eigenvalue weighted by atomic mass is 10.1. The number of halogens is 1. The Labute approximate surface area is 192 Å². The van der Waals surface area contributed by atoms with Gasteiger partial charge < -0.3 is 15.0 Å². The topological polar surface area (TPSA) is 143 Å². The summed E-state index contributed by atoms with van der Waals surface area (Å²) in [6.07, 6.45) is 5.40. The zero-order valence-corrected chi connectivity index (χ0v) is 17.9. The number of imidazole rings is 2. The lowest BCUT2D eigenvalue weighted by molar-refractivity contribution is -0.110. The van der Waals surface area contributed by atoms with Crippen LogP contribution in [0.15, 0.2) is 66.1 Å². The molecule has 4 aromatic rings. The van der Waals surface area contributed by atoms with Crippen molar-refractivity contribution in [1.29, 1.82) is 5.26 Å². The number of carbonyl (C=O) groups excluding carboxylic acids is 1. The molecule has 3 heterocycles. The highest BCUT2D eigenvalue weighted by Crippen LogP contribution is 2.36. The number of aromatic nitrogens is 4. The monoisotopic (exact) mass is 476 g/mol. The summed E-state index contributed by atoms with van der Waals surface area (Å²) in [5, 5.41) is 11.8. The zero-order chi connectivity index (χ0) is 23.9. The highest BCUT2D eigenvalue weighted by molar-refractivity contribution is 7.90. The Balaban J connectivity index is 1.41. The Bertz CT molecular complexity index is 1600. The first-order valence-corrected chi connectivity index (χ1v) is 11.1. The van der Waals surface area contributed by atoms with Crippen molar-refractivity contribution in [1.82, 2.24) is 18.9 Å². The van der Waals surface area contributed by atoms with E-state index in [-0.39, 0.29) is 10.8 Å². The Morgan fingerprint density at radius 2 is 1.91 bits per heavy atom. The minimum absolute atomic E-state index is 0.178. The molecule has 0 spiro atoms. The van der Waals surface area contributed by atoms with Gasteiger partial charge in [0.25, 0.3) is 15.9 Å². The van der Waals surface area contributed by atoms with E-state index in [4.69, 9.17) is 10.00 Å². The molecule has 1 aliphatic rings. The number of hydrogen-bond donors (Lipinski definition) is 2. The summed E-state index contributed by atoms with van der Waals surface area (Å²) in [5.41, 5.74) is 2.37. The third-order valence-electron chi connectivity index (χ3n) is 4.95. The van der Waals surface area contributed by atoms with E-state index in [0.29, 0.717) is 44.2 Å². The van der Waals surface area contributed by atoms with Crippen molar-refractivity contribution in [3.8, 4) is 17.6 Å². The Hall–Kier alpha value is -4.76. The summed E-state index contributed by atoms with van der Waals surface area (Å²) >= 11 is 0. The maximum atomic E-state index is 13.4. The van der Waals surface area contributed by atoms with Gasteiger partial charge in [0.1, 0.15) is 17.6 Å². The van der Waals surface area contributed by atoms with Gasteiger partial charge in [0.05, 0.1) is 34.9 Å². The fourth-order valence-electron chi connectivity index (χ4n) is 3.40. The molecular weight excluding hydrogens is 463 g/mol. The van der Waals surface area contributed by atoms with Crippen LogP contribution in [0.1, 0.15) is 17.1 Å². The Kier molecular flexibility index (Phi) is 4.95. The van der Waals surface area contributed by atoms with E-state index in [0.717, 1.165) is 0 Å². The molecule has 5 rings (SSSR count). The van der Waals surface area contributed by atoms with Crippen LogP contribution in [0.3, 0.4) is 0 Å². The van der Waals surface area contributed by atoms with Crippen LogP contribution in [-0.4, -0.2) is 33.2 Å². The second kappa shape index (κ2) is 7.98. The number of rotatable bonds is 5. The van der Waals surface area contributed by atoms with Gasteiger partial charge in [0.2, 0.25) is 11.8 Å². The van der Waals surface area contributed by atoms with Crippen LogP contribution in [-0.2, 0) is 14.8 Å². The smallest absolute Gasteiger partial charge is 0.270 e. The highest BCUT2D eigenvalue weighted by atomic mass is 32.2. The molecule has 34 heavy (non-hydrogen) atoms. The first-order valence-electron chi connectivity index (χ1n) is 9.69. The van der Waals surface area contributed by atoms with Gasteiger partial charge in [-0.2, -0.15) is 14.6 Å².